The molecular weight excluding hydrogens is 277 g/mol. The van der Waals surface area contributed by atoms with E-state index in [0.717, 1.165) is 50.0 Å². The molecule has 2 rings (SSSR count). The Kier molecular flexibility index (Phi) is 5.12. The molecule has 0 radical (unpaired) electrons. The van der Waals surface area contributed by atoms with Crippen molar-refractivity contribution in [3.63, 3.8) is 0 Å². The highest BCUT2D eigenvalue weighted by molar-refractivity contribution is 5.40. The van der Waals surface area contributed by atoms with Crippen molar-refractivity contribution in [2.45, 2.75) is 45.7 Å². The molecule has 1 aromatic rings. The molecule has 0 aromatic carbocycles. The number of hydrogen-bond donors (Lipinski definition) is 0. The summed E-state index contributed by atoms with van der Waals surface area (Å²) in [6.45, 7) is 6.25. The van der Waals surface area contributed by atoms with Gasteiger partial charge in [-0.25, -0.2) is 4.98 Å². The fraction of sp³-hybridized carbons (Fsp3) is 0.688. The standard InChI is InChI=1S/C16H23F3N2/c1-12(2)3-4-13-7-9-21(10-8-13)15-6-5-14(11-20-15)16(17,18)19/h5-6,11-13H,3-4,7-10H2,1-2H3. The lowest BCUT2D eigenvalue weighted by Gasteiger charge is -2.33. The molecule has 2 nitrogen and oxygen atoms in total. The van der Waals surface area contributed by atoms with Crippen LogP contribution in [-0.2, 0) is 6.18 Å². The third-order valence-electron chi connectivity index (χ3n) is 4.17. The Balaban J connectivity index is 1.87. The normalized spacial score (nSPS) is 17.5. The minimum Gasteiger partial charge on any atom is -0.357 e. The van der Waals surface area contributed by atoms with E-state index in [1.165, 1.54) is 18.9 Å². The third-order valence-corrected chi connectivity index (χ3v) is 4.17. The van der Waals surface area contributed by atoms with E-state index in [4.69, 9.17) is 0 Å². The Labute approximate surface area is 124 Å². The molecule has 118 valence electrons. The molecule has 1 aliphatic heterocycles. The lowest BCUT2D eigenvalue weighted by atomic mass is 9.89. The lowest BCUT2D eigenvalue weighted by Crippen LogP contribution is -2.34. The van der Waals surface area contributed by atoms with Gasteiger partial charge in [-0.3, -0.25) is 0 Å². The highest BCUT2D eigenvalue weighted by Gasteiger charge is 2.31. The number of alkyl halides is 3. The zero-order valence-corrected chi connectivity index (χ0v) is 12.7. The summed E-state index contributed by atoms with van der Waals surface area (Å²) in [6.07, 6.45) is 1.34. The third kappa shape index (κ3) is 4.61. The van der Waals surface area contributed by atoms with Crippen molar-refractivity contribution in [3.8, 4) is 0 Å². The largest absolute Gasteiger partial charge is 0.417 e. The van der Waals surface area contributed by atoms with Crippen LogP contribution in [0.2, 0.25) is 0 Å². The molecule has 1 aromatic heterocycles. The van der Waals surface area contributed by atoms with Gasteiger partial charge >= 0.3 is 6.18 Å². The SMILES string of the molecule is CC(C)CCC1CCN(c2ccc(C(F)(F)F)cn2)CC1. The van der Waals surface area contributed by atoms with Crippen molar-refractivity contribution in [2.75, 3.05) is 18.0 Å². The summed E-state index contributed by atoms with van der Waals surface area (Å²) >= 11 is 0. The predicted molar refractivity (Wildman–Crippen MR) is 78.2 cm³/mol. The van der Waals surface area contributed by atoms with Crippen molar-refractivity contribution in [2.24, 2.45) is 11.8 Å². The van der Waals surface area contributed by atoms with E-state index in [1.807, 2.05) is 0 Å². The van der Waals surface area contributed by atoms with Gasteiger partial charge in [0.05, 0.1) is 5.56 Å². The van der Waals surface area contributed by atoms with Crippen molar-refractivity contribution >= 4 is 5.82 Å². The Bertz CT molecular complexity index is 432. The summed E-state index contributed by atoms with van der Waals surface area (Å²) < 4.78 is 37.5. The Morgan fingerprint density at radius 3 is 2.38 bits per heavy atom. The second kappa shape index (κ2) is 6.67. The van der Waals surface area contributed by atoms with E-state index < -0.39 is 11.7 Å². The molecule has 0 atom stereocenters. The highest BCUT2D eigenvalue weighted by atomic mass is 19.4. The molecule has 0 spiro atoms. The van der Waals surface area contributed by atoms with Gasteiger partial charge in [-0.1, -0.05) is 26.7 Å². The molecule has 21 heavy (non-hydrogen) atoms. The molecule has 1 saturated heterocycles. The molecule has 2 heterocycles. The van der Waals surface area contributed by atoms with Gasteiger partial charge < -0.3 is 4.90 Å². The number of hydrogen-bond acceptors (Lipinski definition) is 2. The van der Waals surface area contributed by atoms with E-state index in [-0.39, 0.29) is 0 Å². The molecule has 0 bridgehead atoms. The first-order valence-corrected chi connectivity index (χ1v) is 7.64. The van der Waals surface area contributed by atoms with Crippen molar-refractivity contribution < 1.29 is 13.2 Å². The minimum absolute atomic E-state index is 0.658. The molecular formula is C16H23F3N2. The molecule has 1 fully saturated rings. The van der Waals surface area contributed by atoms with Crippen molar-refractivity contribution in [3.05, 3.63) is 23.9 Å². The van der Waals surface area contributed by atoms with E-state index >= 15 is 0 Å². The average Bonchev–Trinajstić information content (AvgIpc) is 2.45. The number of rotatable bonds is 4. The van der Waals surface area contributed by atoms with Crippen LogP contribution in [-0.4, -0.2) is 18.1 Å². The van der Waals surface area contributed by atoms with Crippen LogP contribution >= 0.6 is 0 Å². The van der Waals surface area contributed by atoms with Crippen LogP contribution in [0.25, 0.3) is 0 Å². The highest BCUT2D eigenvalue weighted by Crippen LogP contribution is 2.30. The number of piperidine rings is 1. The smallest absolute Gasteiger partial charge is 0.357 e. The van der Waals surface area contributed by atoms with Crippen LogP contribution in [0, 0.1) is 11.8 Å². The number of nitrogens with zero attached hydrogens (tertiary/aromatic N) is 2. The average molecular weight is 300 g/mol. The molecule has 1 aliphatic rings. The van der Waals surface area contributed by atoms with E-state index in [1.54, 1.807) is 0 Å². The summed E-state index contributed by atoms with van der Waals surface area (Å²) in [6, 6.07) is 2.60. The molecule has 5 heteroatoms. The first-order valence-electron chi connectivity index (χ1n) is 7.64. The maximum Gasteiger partial charge on any atom is 0.417 e. The van der Waals surface area contributed by atoms with Crippen LogP contribution in [0.5, 0.6) is 0 Å². The maximum atomic E-state index is 12.5. The summed E-state index contributed by atoms with van der Waals surface area (Å²) in [5, 5.41) is 0. The van der Waals surface area contributed by atoms with Crippen LogP contribution in [0.15, 0.2) is 18.3 Å². The number of pyridine rings is 1. The van der Waals surface area contributed by atoms with Gasteiger partial charge in [-0.15, -0.1) is 0 Å². The topological polar surface area (TPSA) is 16.1 Å². The second-order valence-corrected chi connectivity index (χ2v) is 6.30. The predicted octanol–water partition coefficient (Wildman–Crippen LogP) is 4.75. The Morgan fingerprint density at radius 2 is 1.90 bits per heavy atom. The van der Waals surface area contributed by atoms with E-state index in [2.05, 4.69) is 23.7 Å². The molecule has 0 unspecified atom stereocenters. The van der Waals surface area contributed by atoms with Gasteiger partial charge in [0.1, 0.15) is 5.82 Å². The van der Waals surface area contributed by atoms with Crippen LogP contribution in [0.3, 0.4) is 0 Å². The molecule has 0 aliphatic carbocycles. The van der Waals surface area contributed by atoms with Gasteiger partial charge in [0.15, 0.2) is 0 Å². The van der Waals surface area contributed by atoms with Crippen LogP contribution in [0.4, 0.5) is 19.0 Å². The van der Waals surface area contributed by atoms with Gasteiger partial charge in [-0.05, 0) is 36.8 Å². The van der Waals surface area contributed by atoms with Gasteiger partial charge in [-0.2, -0.15) is 13.2 Å². The van der Waals surface area contributed by atoms with Gasteiger partial charge in [0.2, 0.25) is 0 Å². The van der Waals surface area contributed by atoms with Crippen molar-refractivity contribution in [1.29, 1.82) is 0 Å². The van der Waals surface area contributed by atoms with Crippen LogP contribution in [0.1, 0.15) is 45.1 Å². The summed E-state index contributed by atoms with van der Waals surface area (Å²) in [4.78, 5) is 6.06. The van der Waals surface area contributed by atoms with Gasteiger partial charge in [0.25, 0.3) is 0 Å². The molecule has 0 amide bonds. The number of anilines is 1. The second-order valence-electron chi connectivity index (χ2n) is 6.30. The van der Waals surface area contributed by atoms with Crippen molar-refractivity contribution in [1.82, 2.24) is 4.98 Å². The van der Waals surface area contributed by atoms with Crippen LogP contribution < -0.4 is 4.90 Å². The summed E-state index contributed by atoms with van der Waals surface area (Å²) in [5.41, 5.74) is -0.682. The zero-order valence-electron chi connectivity index (χ0n) is 12.7. The lowest BCUT2D eigenvalue weighted by molar-refractivity contribution is -0.137. The Hall–Kier alpha value is -1.26. The monoisotopic (exact) mass is 300 g/mol. The molecule has 0 saturated carbocycles. The first kappa shape index (κ1) is 16.1. The Morgan fingerprint density at radius 1 is 1.24 bits per heavy atom. The quantitative estimate of drug-likeness (QED) is 0.797. The molecule has 0 N–H and O–H groups in total. The first-order chi connectivity index (χ1) is 9.86. The maximum absolute atomic E-state index is 12.5. The fourth-order valence-electron chi connectivity index (χ4n) is 2.76. The number of halogens is 3. The minimum atomic E-state index is -4.31. The van der Waals surface area contributed by atoms with Gasteiger partial charge in [0, 0.05) is 19.3 Å². The van der Waals surface area contributed by atoms with E-state index in [0.29, 0.717) is 5.82 Å². The summed E-state index contributed by atoms with van der Waals surface area (Å²) in [7, 11) is 0. The summed E-state index contributed by atoms with van der Waals surface area (Å²) in [5.74, 6) is 2.14. The zero-order chi connectivity index (χ0) is 15.5. The number of aromatic nitrogens is 1. The fourth-order valence-corrected chi connectivity index (χ4v) is 2.76. The van der Waals surface area contributed by atoms with E-state index in [9.17, 15) is 13.2 Å².